The van der Waals surface area contributed by atoms with Gasteiger partial charge >= 0.3 is 0 Å². The number of rotatable bonds is 4. The molecule has 0 N–H and O–H groups in total. The number of anilines is 1. The smallest absolute Gasteiger partial charge is 0.241 e. The standard InChI is InChI=1S/C20H21ClN4O/c1-15-5-2-3-8-18(15)20-22-19(26-23-20)14-24-9-11-25(12-10-24)17-7-4-6-16(21)13-17/h2-8,13H,9-12,14H2,1H3. The van der Waals surface area contributed by atoms with Gasteiger partial charge in [0.15, 0.2) is 0 Å². The zero-order chi connectivity index (χ0) is 17.9. The van der Waals surface area contributed by atoms with E-state index < -0.39 is 0 Å². The summed E-state index contributed by atoms with van der Waals surface area (Å²) in [5.41, 5.74) is 3.35. The van der Waals surface area contributed by atoms with E-state index in [0.29, 0.717) is 18.3 Å². The van der Waals surface area contributed by atoms with Gasteiger partial charge < -0.3 is 9.42 Å². The highest BCUT2D eigenvalue weighted by Gasteiger charge is 2.20. The third kappa shape index (κ3) is 3.74. The van der Waals surface area contributed by atoms with Crippen molar-refractivity contribution in [1.29, 1.82) is 0 Å². The van der Waals surface area contributed by atoms with Crippen molar-refractivity contribution in [3.05, 3.63) is 65.0 Å². The fourth-order valence-corrected chi connectivity index (χ4v) is 3.47. The molecule has 1 aliphatic rings. The van der Waals surface area contributed by atoms with E-state index in [9.17, 15) is 0 Å². The molecule has 5 nitrogen and oxygen atoms in total. The summed E-state index contributed by atoms with van der Waals surface area (Å²) in [6.45, 7) is 6.56. The molecule has 0 radical (unpaired) electrons. The van der Waals surface area contributed by atoms with Gasteiger partial charge in [0, 0.05) is 42.5 Å². The van der Waals surface area contributed by atoms with Gasteiger partial charge in [0.25, 0.3) is 0 Å². The molecular formula is C20H21ClN4O. The largest absolute Gasteiger partial charge is 0.369 e. The minimum Gasteiger partial charge on any atom is -0.369 e. The van der Waals surface area contributed by atoms with Gasteiger partial charge in [0.2, 0.25) is 11.7 Å². The molecule has 0 unspecified atom stereocenters. The Kier molecular flexibility index (Phi) is 4.91. The average Bonchev–Trinajstić information content (AvgIpc) is 3.11. The zero-order valence-corrected chi connectivity index (χ0v) is 15.5. The van der Waals surface area contributed by atoms with Crippen LogP contribution in [-0.4, -0.2) is 41.2 Å². The first kappa shape index (κ1) is 17.1. The fourth-order valence-electron chi connectivity index (χ4n) is 3.28. The first-order valence-electron chi connectivity index (χ1n) is 8.80. The Morgan fingerprint density at radius 2 is 1.85 bits per heavy atom. The molecule has 0 bridgehead atoms. The summed E-state index contributed by atoms with van der Waals surface area (Å²) in [5, 5.41) is 4.92. The van der Waals surface area contributed by atoms with Gasteiger partial charge in [-0.05, 0) is 30.7 Å². The van der Waals surface area contributed by atoms with Gasteiger partial charge in [-0.1, -0.05) is 47.1 Å². The van der Waals surface area contributed by atoms with Crippen molar-refractivity contribution >= 4 is 17.3 Å². The quantitative estimate of drug-likeness (QED) is 0.696. The molecule has 1 aliphatic heterocycles. The van der Waals surface area contributed by atoms with Gasteiger partial charge in [-0.15, -0.1) is 0 Å². The lowest BCUT2D eigenvalue weighted by atomic mass is 10.1. The Morgan fingerprint density at radius 3 is 2.62 bits per heavy atom. The summed E-state index contributed by atoms with van der Waals surface area (Å²) in [5.74, 6) is 1.33. The van der Waals surface area contributed by atoms with E-state index in [0.717, 1.165) is 42.3 Å². The maximum Gasteiger partial charge on any atom is 0.241 e. The second kappa shape index (κ2) is 7.48. The van der Waals surface area contributed by atoms with Gasteiger partial charge in [-0.25, -0.2) is 0 Å². The lowest BCUT2D eigenvalue weighted by Crippen LogP contribution is -2.46. The molecule has 2 aromatic carbocycles. The Labute approximate surface area is 158 Å². The predicted octanol–water partition coefficient (Wildman–Crippen LogP) is 4.02. The number of piperazine rings is 1. The second-order valence-corrected chi connectivity index (χ2v) is 7.01. The summed E-state index contributed by atoms with van der Waals surface area (Å²) in [4.78, 5) is 9.27. The highest BCUT2D eigenvalue weighted by Crippen LogP contribution is 2.22. The van der Waals surface area contributed by atoms with E-state index in [1.807, 2.05) is 36.4 Å². The lowest BCUT2D eigenvalue weighted by Gasteiger charge is -2.35. The molecule has 1 fully saturated rings. The van der Waals surface area contributed by atoms with Crippen LogP contribution in [-0.2, 0) is 6.54 Å². The van der Waals surface area contributed by atoms with Crippen molar-refractivity contribution in [3.8, 4) is 11.4 Å². The van der Waals surface area contributed by atoms with Gasteiger partial charge in [0.1, 0.15) is 0 Å². The number of aryl methyl sites for hydroxylation is 1. The van der Waals surface area contributed by atoms with E-state index in [4.69, 9.17) is 16.1 Å². The normalized spacial score (nSPS) is 15.4. The van der Waals surface area contributed by atoms with Crippen molar-refractivity contribution < 1.29 is 4.52 Å². The molecule has 26 heavy (non-hydrogen) atoms. The highest BCUT2D eigenvalue weighted by molar-refractivity contribution is 6.30. The van der Waals surface area contributed by atoms with Gasteiger partial charge in [-0.2, -0.15) is 4.98 Å². The minimum atomic E-state index is 0.663. The number of nitrogens with zero attached hydrogens (tertiary/aromatic N) is 4. The van der Waals surface area contributed by atoms with Crippen LogP contribution in [0.15, 0.2) is 53.1 Å². The molecule has 134 valence electrons. The predicted molar refractivity (Wildman–Crippen MR) is 103 cm³/mol. The van der Waals surface area contributed by atoms with Crippen LogP contribution in [0.5, 0.6) is 0 Å². The molecule has 1 aromatic heterocycles. The summed E-state index contributed by atoms with van der Waals surface area (Å²) >= 11 is 6.10. The topological polar surface area (TPSA) is 45.4 Å². The molecule has 3 aromatic rings. The maximum absolute atomic E-state index is 6.10. The Balaban J connectivity index is 1.37. The molecule has 2 heterocycles. The number of hydrogen-bond donors (Lipinski definition) is 0. The third-order valence-electron chi connectivity index (χ3n) is 4.76. The van der Waals surface area contributed by atoms with Crippen molar-refractivity contribution in [2.75, 3.05) is 31.1 Å². The van der Waals surface area contributed by atoms with E-state index in [1.54, 1.807) is 0 Å². The average molecular weight is 369 g/mol. The van der Waals surface area contributed by atoms with Crippen molar-refractivity contribution in [1.82, 2.24) is 15.0 Å². The SMILES string of the molecule is Cc1ccccc1-c1noc(CN2CCN(c3cccc(Cl)c3)CC2)n1. The Bertz CT molecular complexity index is 887. The number of halogens is 1. The second-order valence-electron chi connectivity index (χ2n) is 6.57. The molecule has 6 heteroatoms. The van der Waals surface area contributed by atoms with Crippen LogP contribution in [0.2, 0.25) is 5.02 Å². The monoisotopic (exact) mass is 368 g/mol. The molecule has 0 atom stereocenters. The zero-order valence-electron chi connectivity index (χ0n) is 14.7. The summed E-state index contributed by atoms with van der Waals surface area (Å²) in [6, 6.07) is 16.1. The van der Waals surface area contributed by atoms with Crippen molar-refractivity contribution in [3.63, 3.8) is 0 Å². The fraction of sp³-hybridized carbons (Fsp3) is 0.300. The van der Waals surface area contributed by atoms with E-state index in [-0.39, 0.29) is 0 Å². The first-order valence-corrected chi connectivity index (χ1v) is 9.18. The van der Waals surface area contributed by atoms with Gasteiger partial charge in [-0.3, -0.25) is 4.90 Å². The van der Waals surface area contributed by atoms with Crippen molar-refractivity contribution in [2.45, 2.75) is 13.5 Å². The molecule has 0 saturated carbocycles. The Hall–Kier alpha value is -2.37. The Morgan fingerprint density at radius 1 is 1.04 bits per heavy atom. The van der Waals surface area contributed by atoms with E-state index in [1.165, 1.54) is 5.69 Å². The van der Waals surface area contributed by atoms with Gasteiger partial charge in [0.05, 0.1) is 6.54 Å². The van der Waals surface area contributed by atoms with E-state index in [2.05, 4.69) is 39.0 Å². The highest BCUT2D eigenvalue weighted by atomic mass is 35.5. The summed E-state index contributed by atoms with van der Waals surface area (Å²) in [6.07, 6.45) is 0. The summed E-state index contributed by atoms with van der Waals surface area (Å²) < 4.78 is 5.47. The third-order valence-corrected chi connectivity index (χ3v) is 4.99. The first-order chi connectivity index (χ1) is 12.7. The number of hydrogen-bond acceptors (Lipinski definition) is 5. The van der Waals surface area contributed by atoms with Crippen LogP contribution in [0.25, 0.3) is 11.4 Å². The van der Waals surface area contributed by atoms with E-state index >= 15 is 0 Å². The molecule has 0 amide bonds. The molecular weight excluding hydrogens is 348 g/mol. The van der Waals surface area contributed by atoms with Crippen LogP contribution in [0.3, 0.4) is 0 Å². The lowest BCUT2D eigenvalue weighted by molar-refractivity contribution is 0.215. The van der Waals surface area contributed by atoms with Crippen LogP contribution >= 0.6 is 11.6 Å². The maximum atomic E-state index is 6.10. The van der Waals surface area contributed by atoms with Crippen LogP contribution in [0, 0.1) is 6.92 Å². The van der Waals surface area contributed by atoms with Crippen LogP contribution in [0.1, 0.15) is 11.5 Å². The molecule has 0 aliphatic carbocycles. The number of aromatic nitrogens is 2. The molecule has 0 spiro atoms. The van der Waals surface area contributed by atoms with Crippen LogP contribution < -0.4 is 4.90 Å². The molecule has 4 rings (SSSR count). The number of benzene rings is 2. The van der Waals surface area contributed by atoms with Crippen molar-refractivity contribution in [2.24, 2.45) is 0 Å². The van der Waals surface area contributed by atoms with Crippen LogP contribution in [0.4, 0.5) is 5.69 Å². The summed E-state index contributed by atoms with van der Waals surface area (Å²) in [7, 11) is 0. The molecule has 1 saturated heterocycles. The minimum absolute atomic E-state index is 0.663.